The summed E-state index contributed by atoms with van der Waals surface area (Å²) in [6, 6.07) is 34.8. The minimum Gasteiger partial charge on any atom is -0.438 e. The van der Waals surface area contributed by atoms with Gasteiger partial charge in [-0.1, -0.05) is 163 Å². The fraction of sp³-hybridized carbons (Fsp3) is 0.380. The van der Waals surface area contributed by atoms with Crippen LogP contribution in [0.25, 0.3) is 11.3 Å². The molecule has 2 bridgehead atoms. The largest absolute Gasteiger partial charge is 0.438 e. The minimum absolute atomic E-state index is 0.0335. The van der Waals surface area contributed by atoms with E-state index < -0.39 is 53.4 Å². The lowest BCUT2D eigenvalue weighted by Crippen LogP contribution is -2.66. The SMILES string of the molecule is CC(C)C[C@@H]1NC(=O)[C@H](C(C)C)N(C)C(=O)[C@@H](CC(C)C)NC(=O)[C@@](Cc2ccccc2)([C@H](OCc2ccccc2)c2ccccc2)NC(=O)c2nc1oc2-c1ccccc1. The molecule has 11 heteroatoms. The minimum atomic E-state index is -1.90. The van der Waals surface area contributed by atoms with Crippen molar-refractivity contribution < 1.29 is 28.3 Å². The number of aromatic nitrogens is 1. The van der Waals surface area contributed by atoms with Crippen LogP contribution in [-0.2, 0) is 32.1 Å². The van der Waals surface area contributed by atoms with Crippen LogP contribution < -0.4 is 16.0 Å². The summed E-state index contributed by atoms with van der Waals surface area (Å²) < 4.78 is 13.5. The predicted molar refractivity (Wildman–Crippen MR) is 236 cm³/mol. The third kappa shape index (κ3) is 10.6. The number of nitrogens with zero attached hydrogens (tertiary/aromatic N) is 2. The maximum absolute atomic E-state index is 15.9. The molecule has 0 spiro atoms. The number of oxazole rings is 1. The number of rotatable bonds is 13. The molecule has 1 aliphatic heterocycles. The van der Waals surface area contributed by atoms with Crippen molar-refractivity contribution in [3.8, 4) is 11.3 Å². The second-order valence-corrected chi connectivity index (χ2v) is 17.3. The van der Waals surface area contributed by atoms with E-state index in [2.05, 4.69) is 16.0 Å². The van der Waals surface area contributed by atoms with Crippen LogP contribution >= 0.6 is 0 Å². The fourth-order valence-electron chi connectivity index (χ4n) is 8.21. The summed E-state index contributed by atoms with van der Waals surface area (Å²) in [6.07, 6.45) is -0.443. The molecule has 4 amide bonds. The second-order valence-electron chi connectivity index (χ2n) is 17.3. The number of hydrogen-bond donors (Lipinski definition) is 3. The van der Waals surface area contributed by atoms with Gasteiger partial charge in [0.05, 0.1) is 6.61 Å². The number of hydrogen-bond acceptors (Lipinski definition) is 7. The summed E-state index contributed by atoms with van der Waals surface area (Å²) in [4.78, 5) is 66.9. The van der Waals surface area contributed by atoms with Crippen LogP contribution in [-0.4, -0.2) is 58.2 Å². The van der Waals surface area contributed by atoms with Crippen molar-refractivity contribution in [1.82, 2.24) is 25.8 Å². The molecule has 3 N–H and O–H groups in total. The van der Waals surface area contributed by atoms with Gasteiger partial charge in [0.1, 0.15) is 24.2 Å². The molecular weight excluding hydrogens is 767 g/mol. The Balaban J connectivity index is 1.65. The van der Waals surface area contributed by atoms with Crippen LogP contribution in [0.5, 0.6) is 0 Å². The Kier molecular flexibility index (Phi) is 14.6. The van der Waals surface area contributed by atoms with E-state index in [1.807, 2.05) is 163 Å². The van der Waals surface area contributed by atoms with Crippen molar-refractivity contribution in [2.24, 2.45) is 17.8 Å². The maximum atomic E-state index is 15.9. The molecule has 4 aromatic carbocycles. The fourth-order valence-corrected chi connectivity index (χ4v) is 8.21. The number of benzene rings is 4. The lowest BCUT2D eigenvalue weighted by Gasteiger charge is -2.41. The smallest absolute Gasteiger partial charge is 0.274 e. The Hall–Kier alpha value is -6.07. The van der Waals surface area contributed by atoms with Gasteiger partial charge in [-0.2, -0.15) is 0 Å². The Labute approximate surface area is 359 Å². The number of nitrogens with one attached hydrogen (secondary N) is 3. The summed E-state index contributed by atoms with van der Waals surface area (Å²) in [6.45, 7) is 11.9. The molecule has 1 aliphatic rings. The molecule has 0 fully saturated rings. The first kappa shape index (κ1) is 44.5. The molecule has 2 heterocycles. The van der Waals surface area contributed by atoms with Crippen LogP contribution in [0.4, 0.5) is 0 Å². The van der Waals surface area contributed by atoms with Gasteiger partial charge in [0.25, 0.3) is 5.91 Å². The van der Waals surface area contributed by atoms with Crippen LogP contribution in [0, 0.1) is 17.8 Å². The number of carbonyl (C=O) groups excluding carboxylic acids is 4. The Bertz CT molecular complexity index is 2230. The molecule has 320 valence electrons. The molecule has 5 atom stereocenters. The first-order chi connectivity index (χ1) is 29.3. The van der Waals surface area contributed by atoms with Gasteiger partial charge >= 0.3 is 0 Å². The van der Waals surface area contributed by atoms with Crippen molar-refractivity contribution in [1.29, 1.82) is 0 Å². The lowest BCUT2D eigenvalue weighted by atomic mass is 9.80. The molecule has 0 aliphatic carbocycles. The van der Waals surface area contributed by atoms with E-state index in [0.717, 1.165) is 11.1 Å². The van der Waals surface area contributed by atoms with Crippen molar-refractivity contribution >= 4 is 23.6 Å². The third-order valence-corrected chi connectivity index (χ3v) is 11.1. The molecule has 6 rings (SSSR count). The molecule has 0 unspecified atom stereocenters. The quantitative estimate of drug-likeness (QED) is 0.109. The third-order valence-electron chi connectivity index (χ3n) is 11.1. The van der Waals surface area contributed by atoms with Crippen LogP contribution in [0.1, 0.15) is 99.6 Å². The summed E-state index contributed by atoms with van der Waals surface area (Å²) in [5.41, 5.74) is 0.840. The normalized spacial score (nSPS) is 20.8. The highest BCUT2D eigenvalue weighted by Crippen LogP contribution is 2.37. The number of likely N-dealkylation sites (N-methyl/N-ethyl adjacent to an activating group) is 1. The van der Waals surface area contributed by atoms with Crippen molar-refractivity contribution in [2.75, 3.05) is 7.05 Å². The topological polar surface area (TPSA) is 143 Å². The first-order valence-electron chi connectivity index (χ1n) is 21.3. The van der Waals surface area contributed by atoms with E-state index in [0.29, 0.717) is 17.5 Å². The van der Waals surface area contributed by atoms with E-state index in [-0.39, 0.29) is 54.5 Å². The second kappa shape index (κ2) is 20.0. The average Bonchev–Trinajstić information content (AvgIpc) is 3.70. The van der Waals surface area contributed by atoms with Crippen LogP contribution in [0.15, 0.2) is 126 Å². The number of carbonyl (C=O) groups is 4. The Morgan fingerprint density at radius 3 is 1.82 bits per heavy atom. The van der Waals surface area contributed by atoms with Gasteiger partial charge in [-0.05, 0) is 47.3 Å². The van der Waals surface area contributed by atoms with Crippen molar-refractivity contribution in [3.05, 3.63) is 150 Å². The van der Waals surface area contributed by atoms with Crippen molar-refractivity contribution in [3.63, 3.8) is 0 Å². The van der Waals surface area contributed by atoms with E-state index in [4.69, 9.17) is 14.1 Å². The van der Waals surface area contributed by atoms with E-state index >= 15 is 9.59 Å². The van der Waals surface area contributed by atoms with Gasteiger partial charge in [0, 0.05) is 19.0 Å². The van der Waals surface area contributed by atoms with Gasteiger partial charge in [-0.3, -0.25) is 19.2 Å². The van der Waals surface area contributed by atoms with Gasteiger partial charge in [0.2, 0.25) is 23.6 Å². The summed E-state index contributed by atoms with van der Waals surface area (Å²) in [5.74, 6) is -2.12. The first-order valence-corrected chi connectivity index (χ1v) is 21.3. The number of ether oxygens (including phenoxy) is 1. The molecule has 0 saturated carbocycles. The van der Waals surface area contributed by atoms with Crippen LogP contribution in [0.2, 0.25) is 0 Å². The molecule has 5 aromatic rings. The standard InChI is InChI=1S/C50H59N5O6/c1-32(2)28-39-47-53-41(43(61-47)37-24-16-10-17-25-37)45(56)54-50(30-35-20-12-8-13-21-35,44(38-26-18-11-19-27-38)60-31-36-22-14-9-15-23-36)49(59)52-40(29-33(3)4)48(58)55(7)42(34(5)6)46(57)51-39/h8-27,32-34,39-40,42,44H,28-31H2,1-7H3,(H,51,57)(H,52,59)(H,54,56)/t39-,40+,42-,44+,50+/m0/s1. The van der Waals surface area contributed by atoms with Gasteiger partial charge in [0.15, 0.2) is 17.0 Å². The number of amides is 4. The highest BCUT2D eigenvalue weighted by Gasteiger charge is 2.51. The summed E-state index contributed by atoms with van der Waals surface area (Å²) in [5, 5.41) is 9.50. The maximum Gasteiger partial charge on any atom is 0.274 e. The van der Waals surface area contributed by atoms with Gasteiger partial charge < -0.3 is 30.0 Å². The zero-order valence-corrected chi connectivity index (χ0v) is 36.3. The van der Waals surface area contributed by atoms with Gasteiger partial charge in [-0.15, -0.1) is 0 Å². The summed E-state index contributed by atoms with van der Waals surface area (Å²) >= 11 is 0. The molecule has 0 saturated heterocycles. The predicted octanol–water partition coefficient (Wildman–Crippen LogP) is 8.24. The van der Waals surface area contributed by atoms with E-state index in [1.54, 1.807) is 7.05 Å². The zero-order chi connectivity index (χ0) is 43.7. The van der Waals surface area contributed by atoms with Crippen LogP contribution in [0.3, 0.4) is 0 Å². The lowest BCUT2D eigenvalue weighted by molar-refractivity contribution is -0.146. The highest BCUT2D eigenvalue weighted by atomic mass is 16.5. The monoisotopic (exact) mass is 825 g/mol. The van der Waals surface area contributed by atoms with E-state index in [9.17, 15) is 9.59 Å². The zero-order valence-electron chi connectivity index (χ0n) is 36.3. The molecular formula is C50H59N5O6. The average molecular weight is 826 g/mol. The Morgan fingerprint density at radius 2 is 1.25 bits per heavy atom. The Morgan fingerprint density at radius 1 is 0.705 bits per heavy atom. The highest BCUT2D eigenvalue weighted by molar-refractivity contribution is 6.03. The van der Waals surface area contributed by atoms with Crippen molar-refractivity contribution in [2.45, 2.75) is 97.2 Å². The number of fused-ring (bicyclic) bond motifs is 2. The van der Waals surface area contributed by atoms with E-state index in [1.165, 1.54) is 4.90 Å². The molecule has 0 radical (unpaired) electrons. The summed E-state index contributed by atoms with van der Waals surface area (Å²) in [7, 11) is 1.60. The molecule has 11 nitrogen and oxygen atoms in total. The molecule has 61 heavy (non-hydrogen) atoms. The molecule has 1 aromatic heterocycles. The van der Waals surface area contributed by atoms with Gasteiger partial charge in [-0.25, -0.2) is 4.98 Å².